The number of benzene rings is 1. The van der Waals surface area contributed by atoms with Crippen molar-refractivity contribution in [2.45, 2.75) is 38.5 Å². The molecule has 1 fully saturated rings. The number of thioether (sulfide) groups is 1. The average Bonchev–Trinajstić information content (AvgIpc) is 2.59. The Labute approximate surface area is 195 Å². The molecule has 2 rings (SSSR count). The van der Waals surface area contributed by atoms with Gasteiger partial charge in [0.15, 0.2) is 5.96 Å². The number of hydrogen-bond donors (Lipinski definition) is 3. The Kier molecular flexibility index (Phi) is 12.5. The number of rotatable bonds is 11. The van der Waals surface area contributed by atoms with Crippen LogP contribution in [0.15, 0.2) is 23.2 Å². The van der Waals surface area contributed by atoms with Crippen LogP contribution in [-0.4, -0.2) is 46.0 Å². The van der Waals surface area contributed by atoms with Gasteiger partial charge < -0.3 is 10.6 Å². The summed E-state index contributed by atoms with van der Waals surface area (Å²) >= 11 is 1.63. The van der Waals surface area contributed by atoms with Crippen LogP contribution in [0, 0.1) is 11.7 Å². The van der Waals surface area contributed by atoms with Gasteiger partial charge in [0, 0.05) is 25.4 Å². The lowest BCUT2D eigenvalue weighted by molar-refractivity contribution is 0.316. The fourth-order valence-corrected chi connectivity index (χ4v) is 4.45. The average molecular weight is 559 g/mol. The van der Waals surface area contributed by atoms with E-state index in [-0.39, 0.29) is 42.1 Å². The molecule has 0 saturated heterocycles. The number of guanidine groups is 1. The minimum Gasteiger partial charge on any atom is -0.357 e. The van der Waals surface area contributed by atoms with Crippen molar-refractivity contribution in [3.8, 4) is 0 Å². The van der Waals surface area contributed by atoms with Crippen LogP contribution < -0.4 is 15.4 Å². The van der Waals surface area contributed by atoms with Crippen LogP contribution in [0.1, 0.15) is 37.3 Å². The molecule has 166 valence electrons. The van der Waals surface area contributed by atoms with E-state index in [9.17, 15) is 12.8 Å². The number of nitrogens with zero attached hydrogens (tertiary/aromatic N) is 1. The summed E-state index contributed by atoms with van der Waals surface area (Å²) in [5.41, 5.74) is 1.89. The molecule has 29 heavy (non-hydrogen) atoms. The smallest absolute Gasteiger partial charge is 0.213 e. The van der Waals surface area contributed by atoms with Gasteiger partial charge in [0.2, 0.25) is 10.0 Å². The molecule has 6 nitrogen and oxygen atoms in total. The number of nitrogens with one attached hydrogen (secondary N) is 3. The van der Waals surface area contributed by atoms with E-state index in [0.717, 1.165) is 29.7 Å². The van der Waals surface area contributed by atoms with Crippen molar-refractivity contribution < 1.29 is 12.8 Å². The summed E-state index contributed by atoms with van der Waals surface area (Å²) in [4.78, 5) is 4.52. The maximum Gasteiger partial charge on any atom is 0.213 e. The van der Waals surface area contributed by atoms with Crippen LogP contribution in [0.25, 0.3) is 0 Å². The molecule has 1 aromatic rings. The minimum atomic E-state index is -3.29. The predicted molar refractivity (Wildman–Crippen MR) is 131 cm³/mol. The molecule has 10 heteroatoms. The maximum atomic E-state index is 13.5. The van der Waals surface area contributed by atoms with E-state index in [2.05, 4.69) is 20.3 Å². The lowest BCUT2D eigenvalue weighted by atomic mass is 9.86. The van der Waals surface area contributed by atoms with Gasteiger partial charge in [0.1, 0.15) is 5.82 Å². The van der Waals surface area contributed by atoms with Crippen molar-refractivity contribution in [2.75, 3.05) is 31.6 Å². The second-order valence-corrected chi connectivity index (χ2v) is 9.72. The van der Waals surface area contributed by atoms with Crippen LogP contribution in [0.2, 0.25) is 0 Å². The summed E-state index contributed by atoms with van der Waals surface area (Å²) in [7, 11) is -3.29. The molecule has 0 radical (unpaired) electrons. The summed E-state index contributed by atoms with van der Waals surface area (Å²) in [6.45, 7) is 3.83. The van der Waals surface area contributed by atoms with E-state index in [4.69, 9.17) is 0 Å². The van der Waals surface area contributed by atoms with Gasteiger partial charge in [0.05, 0.1) is 12.3 Å². The lowest BCUT2D eigenvalue weighted by Gasteiger charge is -2.25. The van der Waals surface area contributed by atoms with Gasteiger partial charge >= 0.3 is 0 Å². The van der Waals surface area contributed by atoms with E-state index in [0.29, 0.717) is 31.5 Å². The second kappa shape index (κ2) is 13.7. The van der Waals surface area contributed by atoms with Crippen LogP contribution in [0.4, 0.5) is 4.39 Å². The molecule has 0 heterocycles. The van der Waals surface area contributed by atoms with Crippen LogP contribution >= 0.6 is 35.7 Å². The zero-order valence-corrected chi connectivity index (χ0v) is 21.0. The van der Waals surface area contributed by atoms with Crippen LogP contribution in [-0.2, 0) is 22.3 Å². The van der Waals surface area contributed by atoms with E-state index in [1.807, 2.05) is 13.2 Å². The predicted octanol–water partition coefficient (Wildman–Crippen LogP) is 3.08. The van der Waals surface area contributed by atoms with Crippen molar-refractivity contribution >= 4 is 51.7 Å². The fraction of sp³-hybridized carbons (Fsp3) is 0.632. The molecule has 1 aromatic carbocycles. The maximum absolute atomic E-state index is 13.5. The summed E-state index contributed by atoms with van der Waals surface area (Å²) in [6.07, 6.45) is 5.39. The SMILES string of the molecule is CCNC(=NCc1ccc(F)cc1CSC)NCCS(=O)(=O)NCC1CCC1.I. The molecule has 0 spiro atoms. The molecule has 0 aromatic heterocycles. The molecule has 0 aliphatic heterocycles. The molecule has 0 unspecified atom stereocenters. The van der Waals surface area contributed by atoms with Crippen molar-refractivity contribution in [3.63, 3.8) is 0 Å². The first kappa shape index (κ1) is 26.4. The Balaban J connectivity index is 0.00000420. The number of aliphatic imine (C=N–C) groups is 1. The van der Waals surface area contributed by atoms with Crippen LogP contribution in [0.3, 0.4) is 0 Å². The Morgan fingerprint density at radius 3 is 2.66 bits per heavy atom. The zero-order valence-electron chi connectivity index (χ0n) is 17.0. The summed E-state index contributed by atoms with van der Waals surface area (Å²) in [5, 5.41) is 6.18. The van der Waals surface area contributed by atoms with Gasteiger partial charge in [-0.25, -0.2) is 22.5 Å². The van der Waals surface area contributed by atoms with Crippen molar-refractivity contribution in [2.24, 2.45) is 10.9 Å². The van der Waals surface area contributed by atoms with Gasteiger partial charge in [-0.05, 0) is 55.2 Å². The largest absolute Gasteiger partial charge is 0.357 e. The quantitative estimate of drug-likeness (QED) is 0.221. The zero-order chi connectivity index (χ0) is 20.4. The molecule has 1 aliphatic rings. The summed E-state index contributed by atoms with van der Waals surface area (Å²) in [5.74, 6) is 1.51. The topological polar surface area (TPSA) is 82.6 Å². The van der Waals surface area contributed by atoms with Gasteiger partial charge in [-0.1, -0.05) is 12.5 Å². The molecule has 1 aliphatic carbocycles. The van der Waals surface area contributed by atoms with E-state index in [1.54, 1.807) is 23.9 Å². The second-order valence-electron chi connectivity index (χ2n) is 6.93. The molecule has 0 amide bonds. The third kappa shape index (κ3) is 9.84. The Morgan fingerprint density at radius 2 is 2.03 bits per heavy atom. The first-order valence-electron chi connectivity index (χ1n) is 9.69. The number of hydrogen-bond acceptors (Lipinski definition) is 4. The Morgan fingerprint density at radius 1 is 1.28 bits per heavy atom. The highest BCUT2D eigenvalue weighted by atomic mass is 127. The molecule has 1 saturated carbocycles. The van der Waals surface area contributed by atoms with Crippen LogP contribution in [0.5, 0.6) is 0 Å². The van der Waals surface area contributed by atoms with Gasteiger partial charge in [0.25, 0.3) is 0 Å². The molecular weight excluding hydrogens is 526 g/mol. The van der Waals surface area contributed by atoms with E-state index < -0.39 is 10.0 Å². The minimum absolute atomic E-state index is 0. The molecular formula is C19H32FIN4O2S2. The van der Waals surface area contributed by atoms with E-state index in [1.165, 1.54) is 12.5 Å². The lowest BCUT2D eigenvalue weighted by Crippen LogP contribution is -2.42. The highest BCUT2D eigenvalue weighted by Gasteiger charge is 2.20. The van der Waals surface area contributed by atoms with Gasteiger partial charge in [-0.2, -0.15) is 11.8 Å². The highest BCUT2D eigenvalue weighted by Crippen LogP contribution is 2.25. The van der Waals surface area contributed by atoms with Gasteiger partial charge in [-0.15, -0.1) is 24.0 Å². The molecule has 0 bridgehead atoms. The van der Waals surface area contributed by atoms with E-state index >= 15 is 0 Å². The van der Waals surface area contributed by atoms with Crippen molar-refractivity contribution in [1.82, 2.24) is 15.4 Å². The third-order valence-corrected chi connectivity index (χ3v) is 6.65. The molecule has 0 atom stereocenters. The number of sulfonamides is 1. The first-order chi connectivity index (χ1) is 13.4. The third-order valence-electron chi connectivity index (χ3n) is 4.70. The Bertz CT molecular complexity index is 759. The fourth-order valence-electron chi connectivity index (χ4n) is 2.86. The first-order valence-corrected chi connectivity index (χ1v) is 12.7. The monoisotopic (exact) mass is 558 g/mol. The van der Waals surface area contributed by atoms with Gasteiger partial charge in [-0.3, -0.25) is 0 Å². The number of halogens is 2. The Hall–Kier alpha value is -0.590. The van der Waals surface area contributed by atoms with Crippen molar-refractivity contribution in [1.29, 1.82) is 0 Å². The summed E-state index contributed by atoms with van der Waals surface area (Å²) in [6, 6.07) is 4.74. The summed E-state index contributed by atoms with van der Waals surface area (Å²) < 4.78 is 40.3. The van der Waals surface area contributed by atoms with Crippen molar-refractivity contribution in [3.05, 3.63) is 35.1 Å². The molecule has 3 N–H and O–H groups in total. The standard InChI is InChI=1S/C19H31FN4O2S2.HI/c1-3-21-19(22-9-10-28(25,26)24-12-15-5-4-6-15)23-13-16-7-8-18(20)11-17(16)14-27-2;/h7-8,11,15,24H,3-6,9-10,12-14H2,1-2H3,(H2,21,22,23);1H. The highest BCUT2D eigenvalue weighted by molar-refractivity contribution is 14.0. The normalized spacial score (nSPS) is 14.8.